The summed E-state index contributed by atoms with van der Waals surface area (Å²) in [5.41, 5.74) is 0. The zero-order valence-corrected chi connectivity index (χ0v) is 13.2. The van der Waals surface area contributed by atoms with Crippen LogP contribution in [0.25, 0.3) is 0 Å². The number of aromatic nitrogens is 2. The maximum atomic E-state index is 4.14. The average Bonchev–Trinajstić information content (AvgIpc) is 3.02. The Morgan fingerprint density at radius 1 is 1.24 bits per heavy atom. The van der Waals surface area contributed by atoms with Crippen LogP contribution in [0.15, 0.2) is 53.9 Å². The fraction of sp³-hybridized carbons (Fsp3) is 0.471. The molecule has 1 aliphatic heterocycles. The van der Waals surface area contributed by atoms with Gasteiger partial charge >= 0.3 is 0 Å². The second kappa shape index (κ2) is 7.66. The van der Waals surface area contributed by atoms with Crippen LogP contribution < -0.4 is 0 Å². The molecule has 3 nitrogen and oxygen atoms in total. The molecule has 0 spiro atoms. The molecule has 0 N–H and O–H groups in total. The van der Waals surface area contributed by atoms with Gasteiger partial charge in [-0.15, -0.1) is 11.8 Å². The first-order chi connectivity index (χ1) is 10.4. The molecular formula is C17H23N3S. The Labute approximate surface area is 131 Å². The van der Waals surface area contributed by atoms with E-state index >= 15 is 0 Å². The number of benzene rings is 1. The molecule has 2 heterocycles. The van der Waals surface area contributed by atoms with Crippen molar-refractivity contribution in [2.75, 3.05) is 25.4 Å². The molecule has 0 amide bonds. The molecule has 4 heteroatoms. The summed E-state index contributed by atoms with van der Waals surface area (Å²) in [6, 6.07) is 10.7. The highest BCUT2D eigenvalue weighted by molar-refractivity contribution is 7.99. The molecule has 1 aromatic carbocycles. The van der Waals surface area contributed by atoms with Crippen molar-refractivity contribution < 1.29 is 0 Å². The Morgan fingerprint density at radius 3 is 2.95 bits per heavy atom. The summed E-state index contributed by atoms with van der Waals surface area (Å²) in [6.45, 7) is 4.80. The van der Waals surface area contributed by atoms with E-state index in [0.717, 1.165) is 12.5 Å². The second-order valence-corrected chi connectivity index (χ2v) is 6.90. The summed E-state index contributed by atoms with van der Waals surface area (Å²) in [5, 5.41) is 0. The lowest BCUT2D eigenvalue weighted by molar-refractivity contribution is 0.171. The van der Waals surface area contributed by atoms with Gasteiger partial charge in [0.05, 0.1) is 6.33 Å². The molecule has 2 aromatic rings. The predicted molar refractivity (Wildman–Crippen MR) is 88.6 cm³/mol. The van der Waals surface area contributed by atoms with Gasteiger partial charge in [0.15, 0.2) is 0 Å². The van der Waals surface area contributed by atoms with Crippen molar-refractivity contribution >= 4 is 11.8 Å². The van der Waals surface area contributed by atoms with E-state index < -0.39 is 0 Å². The smallest absolute Gasteiger partial charge is 0.0946 e. The number of likely N-dealkylation sites (tertiary alicyclic amines) is 1. The number of hydrogen-bond donors (Lipinski definition) is 0. The molecule has 1 saturated heterocycles. The van der Waals surface area contributed by atoms with Gasteiger partial charge in [-0.1, -0.05) is 18.2 Å². The Bertz CT molecular complexity index is 512. The molecule has 0 radical (unpaired) electrons. The van der Waals surface area contributed by atoms with Gasteiger partial charge < -0.3 is 9.47 Å². The lowest BCUT2D eigenvalue weighted by Crippen LogP contribution is -2.38. The summed E-state index contributed by atoms with van der Waals surface area (Å²) in [5.74, 6) is 1.96. The highest BCUT2D eigenvalue weighted by Gasteiger charge is 2.19. The lowest BCUT2D eigenvalue weighted by atomic mass is 9.98. The molecule has 1 atom stereocenters. The Morgan fingerprint density at radius 2 is 2.14 bits per heavy atom. The topological polar surface area (TPSA) is 21.1 Å². The Hall–Kier alpha value is -1.26. The van der Waals surface area contributed by atoms with Crippen molar-refractivity contribution in [2.24, 2.45) is 5.92 Å². The fourth-order valence-electron chi connectivity index (χ4n) is 3.01. The van der Waals surface area contributed by atoms with E-state index in [1.165, 1.54) is 43.1 Å². The van der Waals surface area contributed by atoms with Crippen molar-refractivity contribution in [2.45, 2.75) is 24.3 Å². The van der Waals surface area contributed by atoms with Crippen LogP contribution in [0.1, 0.15) is 12.8 Å². The highest BCUT2D eigenvalue weighted by Crippen LogP contribution is 2.21. The number of nitrogens with zero attached hydrogens (tertiary/aromatic N) is 3. The predicted octanol–water partition coefficient (Wildman–Crippen LogP) is 3.39. The normalized spacial score (nSPS) is 19.7. The lowest BCUT2D eigenvalue weighted by Gasteiger charge is -2.32. The largest absolute Gasteiger partial charge is 0.337 e. The Kier molecular flexibility index (Phi) is 5.35. The standard InChI is InChI=1S/C17H23N3S/c1-2-6-17(7-3-1)21-12-11-19-9-4-5-16(13-19)14-20-10-8-18-15-20/h1-3,6-8,10,15-16H,4-5,9,11-14H2/t16-/m0/s1. The van der Waals surface area contributed by atoms with Gasteiger partial charge in [0.1, 0.15) is 0 Å². The first-order valence-corrected chi connectivity index (χ1v) is 8.74. The van der Waals surface area contributed by atoms with Crippen LogP contribution in [0.5, 0.6) is 0 Å². The first-order valence-electron chi connectivity index (χ1n) is 7.76. The van der Waals surface area contributed by atoms with Gasteiger partial charge in [-0.2, -0.15) is 0 Å². The summed E-state index contributed by atoms with van der Waals surface area (Å²) in [6.07, 6.45) is 8.56. The number of hydrogen-bond acceptors (Lipinski definition) is 3. The van der Waals surface area contributed by atoms with Crippen molar-refractivity contribution in [1.82, 2.24) is 14.5 Å². The van der Waals surface area contributed by atoms with E-state index in [0.29, 0.717) is 0 Å². The van der Waals surface area contributed by atoms with Gasteiger partial charge in [0.25, 0.3) is 0 Å². The molecule has 0 aliphatic carbocycles. The van der Waals surface area contributed by atoms with E-state index in [2.05, 4.69) is 51.0 Å². The molecule has 0 saturated carbocycles. The van der Waals surface area contributed by atoms with E-state index in [4.69, 9.17) is 0 Å². The van der Waals surface area contributed by atoms with E-state index in [-0.39, 0.29) is 0 Å². The molecule has 3 rings (SSSR count). The average molecular weight is 301 g/mol. The third kappa shape index (κ3) is 4.61. The van der Waals surface area contributed by atoms with E-state index in [1.54, 1.807) is 0 Å². The second-order valence-electron chi connectivity index (χ2n) is 5.73. The molecule has 0 unspecified atom stereocenters. The number of rotatable bonds is 6. The number of imidazole rings is 1. The first kappa shape index (κ1) is 14.7. The SMILES string of the molecule is c1ccc(SCCN2CCC[C@H](Cn3ccnc3)C2)cc1. The van der Waals surface area contributed by atoms with Crippen LogP contribution in [0, 0.1) is 5.92 Å². The zero-order valence-electron chi connectivity index (χ0n) is 12.4. The monoisotopic (exact) mass is 301 g/mol. The van der Waals surface area contributed by atoms with Gasteiger partial charge in [-0.05, 0) is 37.4 Å². The molecule has 0 bridgehead atoms. The number of thioether (sulfide) groups is 1. The van der Waals surface area contributed by atoms with Crippen LogP contribution >= 0.6 is 11.8 Å². The third-order valence-electron chi connectivity index (χ3n) is 4.05. The summed E-state index contributed by atoms with van der Waals surface area (Å²) >= 11 is 1.96. The minimum atomic E-state index is 0.773. The van der Waals surface area contributed by atoms with Crippen molar-refractivity contribution in [3.8, 4) is 0 Å². The van der Waals surface area contributed by atoms with Gasteiger partial charge in [0, 0.05) is 42.7 Å². The minimum Gasteiger partial charge on any atom is -0.337 e. The van der Waals surface area contributed by atoms with Crippen LogP contribution in [0.4, 0.5) is 0 Å². The van der Waals surface area contributed by atoms with Gasteiger partial charge in [-0.3, -0.25) is 0 Å². The molecule has 1 aliphatic rings. The zero-order chi connectivity index (χ0) is 14.3. The van der Waals surface area contributed by atoms with Crippen LogP contribution in [0.3, 0.4) is 0 Å². The third-order valence-corrected chi connectivity index (χ3v) is 5.04. The van der Waals surface area contributed by atoms with E-state index in [9.17, 15) is 0 Å². The Balaban J connectivity index is 1.41. The summed E-state index contributed by atoms with van der Waals surface area (Å²) in [7, 11) is 0. The van der Waals surface area contributed by atoms with Crippen molar-refractivity contribution in [1.29, 1.82) is 0 Å². The molecule has 1 aromatic heterocycles. The highest BCUT2D eigenvalue weighted by atomic mass is 32.2. The quantitative estimate of drug-likeness (QED) is 0.763. The van der Waals surface area contributed by atoms with Crippen molar-refractivity contribution in [3.63, 3.8) is 0 Å². The van der Waals surface area contributed by atoms with Crippen LogP contribution in [0.2, 0.25) is 0 Å². The van der Waals surface area contributed by atoms with Gasteiger partial charge in [-0.25, -0.2) is 4.98 Å². The summed E-state index contributed by atoms with van der Waals surface area (Å²) in [4.78, 5) is 8.14. The summed E-state index contributed by atoms with van der Waals surface area (Å²) < 4.78 is 2.22. The maximum absolute atomic E-state index is 4.14. The van der Waals surface area contributed by atoms with Crippen LogP contribution in [-0.2, 0) is 6.54 Å². The fourth-order valence-corrected chi connectivity index (χ4v) is 3.94. The minimum absolute atomic E-state index is 0.773. The van der Waals surface area contributed by atoms with Gasteiger partial charge in [0.2, 0.25) is 0 Å². The van der Waals surface area contributed by atoms with Crippen molar-refractivity contribution in [3.05, 3.63) is 49.1 Å². The molecule has 112 valence electrons. The maximum Gasteiger partial charge on any atom is 0.0946 e. The van der Waals surface area contributed by atoms with E-state index in [1.807, 2.05) is 24.3 Å². The number of piperidine rings is 1. The molecule has 1 fully saturated rings. The molecular weight excluding hydrogens is 278 g/mol. The molecule has 21 heavy (non-hydrogen) atoms. The van der Waals surface area contributed by atoms with Crippen LogP contribution in [-0.4, -0.2) is 39.8 Å².